The van der Waals surface area contributed by atoms with Gasteiger partial charge in [0.05, 0.1) is 5.69 Å². The van der Waals surface area contributed by atoms with Crippen molar-refractivity contribution in [2.24, 2.45) is 17.1 Å². The molecule has 4 N–H and O–H groups in total. The van der Waals surface area contributed by atoms with Gasteiger partial charge in [0.15, 0.2) is 0 Å². The first-order valence-corrected chi connectivity index (χ1v) is 14.6. The minimum atomic E-state index is -2.63. The summed E-state index contributed by atoms with van der Waals surface area (Å²) >= 11 is 0. The highest BCUT2D eigenvalue weighted by Crippen LogP contribution is 2.58. The van der Waals surface area contributed by atoms with Crippen LogP contribution in [0.2, 0.25) is 0 Å². The zero-order valence-electron chi connectivity index (χ0n) is 24.0. The Morgan fingerprint density at radius 1 is 1.10 bits per heavy atom. The quantitative estimate of drug-likeness (QED) is 0.234. The van der Waals surface area contributed by atoms with Crippen LogP contribution >= 0.6 is 0 Å². The number of unbranched alkanes of at least 4 members (excludes halogenated alkanes) is 2. The molecule has 1 heterocycles. The lowest BCUT2D eigenvalue weighted by Crippen LogP contribution is -2.19. The maximum Gasteiger partial charge on any atom is 0.249 e. The predicted octanol–water partition coefficient (Wildman–Crippen LogP) is 8.39. The third kappa shape index (κ3) is 7.48. The molecule has 0 spiro atoms. The Morgan fingerprint density at radius 2 is 1.90 bits per heavy atom. The number of hydrogen-bond donors (Lipinski definition) is 3. The minimum Gasteiger partial charge on any atom is -0.385 e. The van der Waals surface area contributed by atoms with Crippen LogP contribution in [-0.4, -0.2) is 24.0 Å². The number of nitrogens with one attached hydrogen (secondary N) is 2. The van der Waals surface area contributed by atoms with Crippen molar-refractivity contribution in [2.75, 3.05) is 18.4 Å². The number of alkyl halides is 2. The second kappa shape index (κ2) is 12.9. The smallest absolute Gasteiger partial charge is 0.249 e. The zero-order valence-corrected chi connectivity index (χ0v) is 24.0. The van der Waals surface area contributed by atoms with Crippen LogP contribution in [0.15, 0.2) is 79.1 Å². The molecular formula is C34H44F2N4. The molecule has 4 nitrogen and oxygen atoms in total. The second-order valence-electron chi connectivity index (χ2n) is 11.5. The Hall–Kier alpha value is -3.25. The molecule has 1 atom stereocenters. The van der Waals surface area contributed by atoms with Crippen molar-refractivity contribution >= 4 is 11.5 Å². The number of nitrogens with zero attached hydrogens (tertiary/aromatic N) is 1. The van der Waals surface area contributed by atoms with Crippen molar-refractivity contribution in [1.29, 1.82) is 0 Å². The van der Waals surface area contributed by atoms with E-state index >= 15 is 0 Å². The first-order valence-electron chi connectivity index (χ1n) is 14.6. The molecule has 6 heteroatoms. The summed E-state index contributed by atoms with van der Waals surface area (Å²) in [6.07, 6.45) is 11.2. The first-order chi connectivity index (χ1) is 19.1. The van der Waals surface area contributed by atoms with Crippen molar-refractivity contribution in [3.63, 3.8) is 0 Å². The van der Waals surface area contributed by atoms with Gasteiger partial charge in [0.25, 0.3) is 0 Å². The summed E-state index contributed by atoms with van der Waals surface area (Å²) in [4.78, 5) is 4.98. The van der Waals surface area contributed by atoms with Crippen molar-refractivity contribution in [1.82, 2.24) is 10.3 Å². The van der Waals surface area contributed by atoms with Gasteiger partial charge in [-0.3, -0.25) is 0 Å². The Morgan fingerprint density at radius 3 is 2.65 bits per heavy atom. The largest absolute Gasteiger partial charge is 0.385 e. The number of pyridine rings is 1. The summed E-state index contributed by atoms with van der Waals surface area (Å²) in [7, 11) is 0. The standard InChI is InChI=1S/C34H44F2N4/c1-24-21-30(13-6-7-16-34(35,36)23-24)33(17-18-33)27(4)39-31-15-14-25(2)32(40-31)29-12-10-11-28(22-29)26(3)38-20-9-5-8-19-37/h6,10-15,21-22,24,38H,3-5,7-9,16-20,23,37H2,1-2H3,(H,39,40)/b13-6-,30-21+. The van der Waals surface area contributed by atoms with Gasteiger partial charge in [-0.1, -0.05) is 69.0 Å². The van der Waals surface area contributed by atoms with E-state index in [4.69, 9.17) is 10.7 Å². The molecule has 0 saturated heterocycles. The fraction of sp³-hybridized carbons (Fsp3) is 0.441. The zero-order chi connectivity index (χ0) is 28.8. The van der Waals surface area contributed by atoms with Crippen molar-refractivity contribution in [3.8, 4) is 11.3 Å². The van der Waals surface area contributed by atoms with Gasteiger partial charge >= 0.3 is 0 Å². The second-order valence-corrected chi connectivity index (χ2v) is 11.5. The number of rotatable bonds is 12. The number of anilines is 1. The summed E-state index contributed by atoms with van der Waals surface area (Å²) in [5.41, 5.74) is 12.2. The van der Waals surface area contributed by atoms with E-state index in [1.54, 1.807) is 0 Å². The van der Waals surface area contributed by atoms with Crippen LogP contribution < -0.4 is 16.4 Å². The number of nitrogens with two attached hydrogens (primary N) is 1. The fourth-order valence-corrected chi connectivity index (χ4v) is 5.51. The third-order valence-corrected chi connectivity index (χ3v) is 8.02. The molecule has 0 radical (unpaired) electrons. The molecule has 2 aromatic rings. The van der Waals surface area contributed by atoms with Gasteiger partial charge in [-0.15, -0.1) is 0 Å². The molecule has 2 aliphatic carbocycles. The SMILES string of the molecule is C=C(NCCCCCN)c1cccc(-c2nc(NC(=C)C3(C4=C/C(C)CC(F)(F)CC/C=C\4)CC3)ccc2C)c1. The molecule has 1 aromatic heterocycles. The lowest BCUT2D eigenvalue weighted by atomic mass is 9.88. The number of aryl methyl sites for hydroxylation is 1. The lowest BCUT2D eigenvalue weighted by Gasteiger charge is -2.23. The third-order valence-electron chi connectivity index (χ3n) is 8.02. The van der Waals surface area contributed by atoms with Gasteiger partial charge in [-0.05, 0) is 80.3 Å². The maximum atomic E-state index is 14.2. The van der Waals surface area contributed by atoms with E-state index in [0.29, 0.717) is 6.42 Å². The van der Waals surface area contributed by atoms with E-state index in [1.165, 1.54) is 0 Å². The topological polar surface area (TPSA) is 63.0 Å². The molecule has 2 aliphatic rings. The normalized spacial score (nSPS) is 21.6. The molecule has 40 heavy (non-hydrogen) atoms. The van der Waals surface area contributed by atoms with Crippen LogP contribution in [0.5, 0.6) is 0 Å². The Bertz CT molecular complexity index is 1270. The van der Waals surface area contributed by atoms with Crippen LogP contribution in [0.4, 0.5) is 14.6 Å². The Kier molecular flexibility index (Phi) is 9.62. The van der Waals surface area contributed by atoms with E-state index < -0.39 is 5.92 Å². The summed E-state index contributed by atoms with van der Waals surface area (Å²) in [6.45, 7) is 14.2. The monoisotopic (exact) mass is 546 g/mol. The Labute approximate surface area is 238 Å². The van der Waals surface area contributed by atoms with E-state index in [0.717, 1.165) is 90.4 Å². The number of benzene rings is 1. The number of hydrogen-bond acceptors (Lipinski definition) is 4. The average molecular weight is 547 g/mol. The number of halogens is 2. The molecule has 1 fully saturated rings. The molecule has 1 unspecified atom stereocenters. The van der Waals surface area contributed by atoms with Crippen LogP contribution in [-0.2, 0) is 0 Å². The Balaban J connectivity index is 1.49. The van der Waals surface area contributed by atoms with Crippen LogP contribution in [0.25, 0.3) is 17.0 Å². The van der Waals surface area contributed by atoms with Crippen LogP contribution in [0, 0.1) is 18.3 Å². The molecule has 214 valence electrons. The van der Waals surface area contributed by atoms with E-state index in [1.807, 2.05) is 37.3 Å². The van der Waals surface area contributed by atoms with Gasteiger partial charge in [0.2, 0.25) is 5.92 Å². The summed E-state index contributed by atoms with van der Waals surface area (Å²) < 4.78 is 28.4. The molecule has 1 aromatic carbocycles. The molecule has 0 bridgehead atoms. The van der Waals surface area contributed by atoms with Crippen molar-refractivity contribution < 1.29 is 8.78 Å². The number of allylic oxidation sites excluding steroid dienone is 4. The highest BCUT2D eigenvalue weighted by Gasteiger charge is 2.48. The summed E-state index contributed by atoms with van der Waals surface area (Å²) in [5, 5.41) is 6.91. The van der Waals surface area contributed by atoms with Gasteiger partial charge < -0.3 is 16.4 Å². The van der Waals surface area contributed by atoms with Crippen molar-refractivity contribution in [3.05, 3.63) is 90.2 Å². The average Bonchev–Trinajstić information content (AvgIpc) is 3.72. The van der Waals surface area contributed by atoms with Crippen molar-refractivity contribution in [2.45, 2.75) is 71.1 Å². The van der Waals surface area contributed by atoms with Gasteiger partial charge in [-0.25, -0.2) is 13.8 Å². The predicted molar refractivity (Wildman–Crippen MR) is 164 cm³/mol. The highest BCUT2D eigenvalue weighted by atomic mass is 19.3. The van der Waals surface area contributed by atoms with Gasteiger partial charge in [0, 0.05) is 41.8 Å². The molecule has 0 amide bonds. The molecule has 0 aliphatic heterocycles. The highest BCUT2D eigenvalue weighted by molar-refractivity contribution is 5.72. The molecule has 4 rings (SSSR count). The molecular weight excluding hydrogens is 502 g/mol. The van der Waals surface area contributed by atoms with Gasteiger partial charge in [0.1, 0.15) is 5.82 Å². The number of aromatic nitrogens is 1. The van der Waals surface area contributed by atoms with E-state index in [-0.39, 0.29) is 24.2 Å². The fourth-order valence-electron chi connectivity index (χ4n) is 5.51. The maximum absolute atomic E-state index is 14.2. The van der Waals surface area contributed by atoms with Crippen LogP contribution in [0.3, 0.4) is 0 Å². The first kappa shape index (κ1) is 29.7. The lowest BCUT2D eigenvalue weighted by molar-refractivity contribution is -0.0232. The van der Waals surface area contributed by atoms with Crippen LogP contribution in [0.1, 0.15) is 69.4 Å². The molecule has 1 saturated carbocycles. The summed E-state index contributed by atoms with van der Waals surface area (Å²) in [6, 6.07) is 12.3. The summed E-state index contributed by atoms with van der Waals surface area (Å²) in [5.74, 6) is -2.11. The van der Waals surface area contributed by atoms with E-state index in [9.17, 15) is 8.78 Å². The van der Waals surface area contributed by atoms with Gasteiger partial charge in [-0.2, -0.15) is 0 Å². The minimum absolute atomic E-state index is 0.101. The van der Waals surface area contributed by atoms with E-state index in [2.05, 4.69) is 55.0 Å².